The SMILES string of the molecule is COC(=O)C1CCN(c2cc(F)ccn2)C1. The fraction of sp³-hybridized carbons (Fsp3) is 0.455. The summed E-state index contributed by atoms with van der Waals surface area (Å²) in [7, 11) is 1.38. The molecular formula is C11H13FN2O2. The van der Waals surface area contributed by atoms with Crippen molar-refractivity contribution in [3.63, 3.8) is 0 Å². The molecule has 4 nitrogen and oxygen atoms in total. The van der Waals surface area contributed by atoms with Gasteiger partial charge in [0.05, 0.1) is 13.0 Å². The van der Waals surface area contributed by atoms with Gasteiger partial charge in [-0.3, -0.25) is 4.79 Å². The number of ether oxygens (including phenoxy) is 1. The standard InChI is InChI=1S/C11H13FN2O2/c1-16-11(15)8-3-5-14(7-8)10-6-9(12)2-4-13-10/h2,4,6,8H,3,5,7H2,1H3. The van der Waals surface area contributed by atoms with Crippen molar-refractivity contribution in [3.8, 4) is 0 Å². The zero-order valence-electron chi connectivity index (χ0n) is 9.02. The third-order valence-electron chi connectivity index (χ3n) is 2.75. The Kier molecular flexibility index (Phi) is 3.03. The molecule has 0 N–H and O–H groups in total. The molecule has 0 bridgehead atoms. The first-order valence-electron chi connectivity index (χ1n) is 5.15. The predicted octanol–water partition coefficient (Wildman–Crippen LogP) is 1.22. The van der Waals surface area contributed by atoms with Crippen LogP contribution in [0.3, 0.4) is 0 Å². The van der Waals surface area contributed by atoms with E-state index in [4.69, 9.17) is 0 Å². The number of hydrogen-bond acceptors (Lipinski definition) is 4. The number of methoxy groups -OCH3 is 1. The molecule has 1 unspecified atom stereocenters. The van der Waals surface area contributed by atoms with E-state index in [1.54, 1.807) is 0 Å². The van der Waals surface area contributed by atoms with Crippen molar-refractivity contribution in [2.45, 2.75) is 6.42 Å². The number of nitrogens with zero attached hydrogens (tertiary/aromatic N) is 2. The summed E-state index contributed by atoms with van der Waals surface area (Å²) in [6, 6.07) is 2.68. The zero-order valence-corrected chi connectivity index (χ0v) is 9.02. The van der Waals surface area contributed by atoms with Crippen LogP contribution < -0.4 is 4.90 Å². The first-order valence-corrected chi connectivity index (χ1v) is 5.15. The lowest BCUT2D eigenvalue weighted by atomic mass is 10.1. The maximum Gasteiger partial charge on any atom is 0.310 e. The summed E-state index contributed by atoms with van der Waals surface area (Å²) in [6.07, 6.45) is 2.15. The molecule has 1 fully saturated rings. The third kappa shape index (κ3) is 2.13. The highest BCUT2D eigenvalue weighted by molar-refractivity contribution is 5.74. The quantitative estimate of drug-likeness (QED) is 0.708. The fourth-order valence-electron chi connectivity index (χ4n) is 1.89. The average molecular weight is 224 g/mol. The van der Waals surface area contributed by atoms with Gasteiger partial charge in [-0.15, -0.1) is 0 Å². The maximum atomic E-state index is 13.0. The van der Waals surface area contributed by atoms with Crippen LogP contribution in [-0.4, -0.2) is 31.2 Å². The second-order valence-electron chi connectivity index (χ2n) is 3.79. The van der Waals surface area contributed by atoms with Gasteiger partial charge in [-0.25, -0.2) is 9.37 Å². The van der Waals surface area contributed by atoms with E-state index in [-0.39, 0.29) is 17.7 Å². The lowest BCUT2D eigenvalue weighted by Gasteiger charge is -2.16. The van der Waals surface area contributed by atoms with Gasteiger partial charge in [0, 0.05) is 25.4 Å². The predicted molar refractivity (Wildman–Crippen MR) is 56.5 cm³/mol. The van der Waals surface area contributed by atoms with Crippen LogP contribution in [0, 0.1) is 11.7 Å². The van der Waals surface area contributed by atoms with Gasteiger partial charge in [-0.1, -0.05) is 0 Å². The minimum Gasteiger partial charge on any atom is -0.469 e. The van der Waals surface area contributed by atoms with Crippen LogP contribution in [-0.2, 0) is 9.53 Å². The van der Waals surface area contributed by atoms with Crippen molar-refractivity contribution < 1.29 is 13.9 Å². The molecule has 0 saturated carbocycles. The molecule has 1 atom stereocenters. The maximum absolute atomic E-state index is 13.0. The van der Waals surface area contributed by atoms with Gasteiger partial charge in [-0.2, -0.15) is 0 Å². The Morgan fingerprint density at radius 1 is 1.69 bits per heavy atom. The Labute approximate surface area is 93.0 Å². The van der Waals surface area contributed by atoms with E-state index in [0.717, 1.165) is 6.42 Å². The summed E-state index contributed by atoms with van der Waals surface area (Å²) in [6.45, 7) is 1.25. The number of aromatic nitrogens is 1. The molecule has 5 heteroatoms. The van der Waals surface area contributed by atoms with Crippen molar-refractivity contribution in [1.29, 1.82) is 0 Å². The molecule has 0 amide bonds. The largest absolute Gasteiger partial charge is 0.469 e. The third-order valence-corrected chi connectivity index (χ3v) is 2.75. The molecule has 16 heavy (non-hydrogen) atoms. The number of esters is 1. The number of hydrogen-bond donors (Lipinski definition) is 0. The summed E-state index contributed by atoms with van der Waals surface area (Å²) in [5, 5.41) is 0. The van der Waals surface area contributed by atoms with E-state index < -0.39 is 0 Å². The van der Waals surface area contributed by atoms with E-state index in [9.17, 15) is 9.18 Å². The molecule has 1 aromatic rings. The smallest absolute Gasteiger partial charge is 0.310 e. The molecule has 0 radical (unpaired) electrons. The molecule has 0 spiro atoms. The number of carbonyl (C=O) groups is 1. The number of halogens is 1. The molecule has 0 aliphatic carbocycles. The van der Waals surface area contributed by atoms with Crippen LogP contribution in [0.25, 0.3) is 0 Å². The van der Waals surface area contributed by atoms with Crippen molar-refractivity contribution in [3.05, 3.63) is 24.1 Å². The lowest BCUT2D eigenvalue weighted by Crippen LogP contribution is -2.24. The van der Waals surface area contributed by atoms with Gasteiger partial charge < -0.3 is 9.64 Å². The number of pyridine rings is 1. The number of anilines is 1. The Bertz CT molecular complexity index is 397. The van der Waals surface area contributed by atoms with Crippen LogP contribution in [0.1, 0.15) is 6.42 Å². The molecule has 86 valence electrons. The van der Waals surface area contributed by atoms with Crippen molar-refractivity contribution in [2.24, 2.45) is 5.92 Å². The Morgan fingerprint density at radius 3 is 3.19 bits per heavy atom. The minimum absolute atomic E-state index is 0.130. The summed E-state index contributed by atoms with van der Waals surface area (Å²) in [5.41, 5.74) is 0. The molecule has 1 aliphatic heterocycles. The Hall–Kier alpha value is -1.65. The van der Waals surface area contributed by atoms with E-state index in [2.05, 4.69) is 9.72 Å². The highest BCUT2D eigenvalue weighted by atomic mass is 19.1. The van der Waals surface area contributed by atoms with E-state index >= 15 is 0 Å². The Morgan fingerprint density at radius 2 is 2.50 bits per heavy atom. The molecular weight excluding hydrogens is 211 g/mol. The van der Waals surface area contributed by atoms with E-state index in [1.807, 2.05) is 4.90 Å². The molecule has 1 saturated heterocycles. The van der Waals surface area contributed by atoms with E-state index in [1.165, 1.54) is 25.4 Å². The summed E-state index contributed by atoms with van der Waals surface area (Å²) in [5.74, 6) is -0.0770. The van der Waals surface area contributed by atoms with Crippen LogP contribution >= 0.6 is 0 Å². The second kappa shape index (κ2) is 4.47. The van der Waals surface area contributed by atoms with Crippen LogP contribution in [0.2, 0.25) is 0 Å². The van der Waals surface area contributed by atoms with Gasteiger partial charge in [-0.05, 0) is 12.5 Å². The lowest BCUT2D eigenvalue weighted by molar-refractivity contribution is -0.144. The highest BCUT2D eigenvalue weighted by Gasteiger charge is 2.29. The fourth-order valence-corrected chi connectivity index (χ4v) is 1.89. The molecule has 2 heterocycles. The summed E-state index contributed by atoms with van der Waals surface area (Å²) < 4.78 is 17.7. The monoisotopic (exact) mass is 224 g/mol. The zero-order chi connectivity index (χ0) is 11.5. The highest BCUT2D eigenvalue weighted by Crippen LogP contribution is 2.23. The molecule has 1 aliphatic rings. The average Bonchev–Trinajstić information content (AvgIpc) is 2.77. The van der Waals surface area contributed by atoms with Crippen LogP contribution in [0.15, 0.2) is 18.3 Å². The van der Waals surface area contributed by atoms with Crippen LogP contribution in [0.5, 0.6) is 0 Å². The number of rotatable bonds is 2. The normalized spacial score (nSPS) is 19.9. The first-order chi connectivity index (χ1) is 7.70. The van der Waals surface area contributed by atoms with Crippen LogP contribution in [0.4, 0.5) is 10.2 Å². The van der Waals surface area contributed by atoms with Gasteiger partial charge in [0.2, 0.25) is 0 Å². The summed E-state index contributed by atoms with van der Waals surface area (Å²) >= 11 is 0. The Balaban J connectivity index is 2.06. The molecule has 2 rings (SSSR count). The van der Waals surface area contributed by atoms with Gasteiger partial charge >= 0.3 is 5.97 Å². The topological polar surface area (TPSA) is 42.4 Å². The summed E-state index contributed by atoms with van der Waals surface area (Å²) in [4.78, 5) is 17.3. The van der Waals surface area contributed by atoms with Gasteiger partial charge in [0.15, 0.2) is 0 Å². The van der Waals surface area contributed by atoms with E-state index in [0.29, 0.717) is 18.9 Å². The van der Waals surface area contributed by atoms with Crippen molar-refractivity contribution >= 4 is 11.8 Å². The minimum atomic E-state index is -0.313. The molecule has 1 aromatic heterocycles. The molecule has 0 aromatic carbocycles. The van der Waals surface area contributed by atoms with Crippen molar-refractivity contribution in [2.75, 3.05) is 25.1 Å². The second-order valence-corrected chi connectivity index (χ2v) is 3.79. The van der Waals surface area contributed by atoms with Gasteiger partial charge in [0.1, 0.15) is 11.6 Å². The first kappa shape index (κ1) is 10.9. The van der Waals surface area contributed by atoms with Crippen molar-refractivity contribution in [1.82, 2.24) is 4.98 Å². The number of carbonyl (C=O) groups excluding carboxylic acids is 1. The van der Waals surface area contributed by atoms with Gasteiger partial charge in [0.25, 0.3) is 0 Å².